The number of hydrogen-bond acceptors (Lipinski definition) is 5. The molecular weight excluding hydrogens is 290 g/mol. The molecule has 0 atom stereocenters. The lowest BCUT2D eigenvalue weighted by Crippen LogP contribution is -2.27. The Bertz CT molecular complexity index is 508. The van der Waals surface area contributed by atoms with E-state index in [0.717, 1.165) is 0 Å². The first-order chi connectivity index (χ1) is 9.01. The van der Waals surface area contributed by atoms with Crippen LogP contribution in [-0.4, -0.2) is 39.7 Å². The quantitative estimate of drug-likeness (QED) is 0.711. The van der Waals surface area contributed by atoms with Gasteiger partial charge in [-0.05, 0) is 19.9 Å². The van der Waals surface area contributed by atoms with Crippen LogP contribution in [0.15, 0.2) is 17.2 Å². The van der Waals surface area contributed by atoms with Crippen LogP contribution in [0.5, 0.6) is 0 Å². The highest BCUT2D eigenvalue weighted by molar-refractivity contribution is 7.89. The molecule has 6 nitrogen and oxygen atoms in total. The molecule has 0 fully saturated rings. The zero-order valence-corrected chi connectivity index (χ0v) is 12.5. The fourth-order valence-electron chi connectivity index (χ4n) is 1.34. The van der Waals surface area contributed by atoms with Crippen LogP contribution >= 0.6 is 11.6 Å². The minimum Gasteiger partial charge on any atom is -0.380 e. The molecule has 0 saturated carbocycles. The zero-order chi connectivity index (χ0) is 14.3. The molecule has 0 saturated heterocycles. The predicted octanol–water partition coefficient (Wildman–Crippen LogP) is 1.48. The highest BCUT2D eigenvalue weighted by Crippen LogP contribution is 2.22. The summed E-state index contributed by atoms with van der Waals surface area (Å²) < 4.78 is 31.3. The van der Waals surface area contributed by atoms with Gasteiger partial charge in [-0.15, -0.1) is 0 Å². The maximum Gasteiger partial charge on any atom is 0.242 e. The van der Waals surface area contributed by atoms with Crippen LogP contribution < -0.4 is 10.0 Å². The van der Waals surface area contributed by atoms with Crippen LogP contribution in [0, 0.1) is 0 Å². The van der Waals surface area contributed by atoms with Gasteiger partial charge >= 0.3 is 0 Å². The highest BCUT2D eigenvalue weighted by Gasteiger charge is 2.15. The molecule has 1 heterocycles. The number of pyridine rings is 1. The molecule has 2 N–H and O–H groups in total. The van der Waals surface area contributed by atoms with Crippen LogP contribution in [0.4, 0.5) is 5.82 Å². The second-order valence-electron chi connectivity index (χ2n) is 3.63. The fourth-order valence-corrected chi connectivity index (χ4v) is 2.62. The molecule has 0 aromatic carbocycles. The van der Waals surface area contributed by atoms with E-state index in [-0.39, 0.29) is 16.5 Å². The Balaban J connectivity index is 2.75. The van der Waals surface area contributed by atoms with Crippen molar-refractivity contribution in [2.45, 2.75) is 18.7 Å². The minimum atomic E-state index is -3.60. The summed E-state index contributed by atoms with van der Waals surface area (Å²) in [6.07, 6.45) is 1.27. The van der Waals surface area contributed by atoms with Crippen molar-refractivity contribution in [3.63, 3.8) is 0 Å². The first kappa shape index (κ1) is 16.2. The molecule has 1 rings (SSSR count). The summed E-state index contributed by atoms with van der Waals surface area (Å²) in [6, 6.07) is 1.37. The van der Waals surface area contributed by atoms with E-state index in [1.807, 2.05) is 13.8 Å². The number of nitrogens with zero attached hydrogens (tertiary/aromatic N) is 1. The number of ether oxygens (including phenoxy) is 1. The Hall–Kier alpha value is -0.890. The van der Waals surface area contributed by atoms with Gasteiger partial charge in [-0.2, -0.15) is 0 Å². The Kier molecular flexibility index (Phi) is 6.50. The van der Waals surface area contributed by atoms with E-state index in [1.165, 1.54) is 12.3 Å². The first-order valence-electron chi connectivity index (χ1n) is 5.98. The van der Waals surface area contributed by atoms with E-state index in [0.29, 0.717) is 25.6 Å². The summed E-state index contributed by atoms with van der Waals surface area (Å²) in [6.45, 7) is 5.49. The number of sulfonamides is 1. The molecule has 8 heteroatoms. The van der Waals surface area contributed by atoms with Crippen molar-refractivity contribution in [2.24, 2.45) is 0 Å². The van der Waals surface area contributed by atoms with Gasteiger partial charge in [0.05, 0.1) is 11.6 Å². The van der Waals surface area contributed by atoms with E-state index in [9.17, 15) is 8.42 Å². The van der Waals surface area contributed by atoms with Crippen LogP contribution in [0.1, 0.15) is 13.8 Å². The van der Waals surface area contributed by atoms with Gasteiger partial charge in [0.1, 0.15) is 10.7 Å². The molecule has 0 aliphatic heterocycles. The fraction of sp³-hybridized carbons (Fsp3) is 0.545. The molecule has 0 aliphatic rings. The number of anilines is 1. The third-order valence-corrected chi connectivity index (χ3v) is 3.93. The molecular formula is C11H18ClN3O3S. The second-order valence-corrected chi connectivity index (χ2v) is 5.80. The lowest BCUT2D eigenvalue weighted by molar-refractivity contribution is 0.153. The highest BCUT2D eigenvalue weighted by atomic mass is 35.5. The van der Waals surface area contributed by atoms with Crippen molar-refractivity contribution in [3.05, 3.63) is 17.3 Å². The van der Waals surface area contributed by atoms with Gasteiger partial charge in [0, 0.05) is 25.9 Å². The van der Waals surface area contributed by atoms with Crippen molar-refractivity contribution in [1.29, 1.82) is 0 Å². The smallest absolute Gasteiger partial charge is 0.242 e. The number of nitrogens with one attached hydrogen (secondary N) is 2. The Morgan fingerprint density at radius 2 is 2.16 bits per heavy atom. The summed E-state index contributed by atoms with van der Waals surface area (Å²) >= 11 is 5.96. The molecule has 0 bridgehead atoms. The summed E-state index contributed by atoms with van der Waals surface area (Å²) in [5, 5.41) is 3.21. The van der Waals surface area contributed by atoms with Gasteiger partial charge in [-0.1, -0.05) is 11.6 Å². The van der Waals surface area contributed by atoms with Crippen LogP contribution in [-0.2, 0) is 14.8 Å². The normalized spacial score (nSPS) is 11.5. The third kappa shape index (κ3) is 4.94. The lowest BCUT2D eigenvalue weighted by atomic mass is 10.4. The van der Waals surface area contributed by atoms with Crippen molar-refractivity contribution >= 4 is 27.4 Å². The standard InChI is InChI=1S/C11H18ClN3O3S/c1-3-13-11-10(12)7-9(8-14-11)19(16,17)15-5-6-18-4-2/h7-8,15H,3-6H2,1-2H3,(H,13,14). The van der Waals surface area contributed by atoms with E-state index in [4.69, 9.17) is 16.3 Å². The topological polar surface area (TPSA) is 80.3 Å². The van der Waals surface area contributed by atoms with Crippen LogP contribution in [0.2, 0.25) is 5.02 Å². The van der Waals surface area contributed by atoms with Gasteiger partial charge in [0.25, 0.3) is 0 Å². The first-order valence-corrected chi connectivity index (χ1v) is 7.84. The monoisotopic (exact) mass is 307 g/mol. The number of halogens is 1. The zero-order valence-electron chi connectivity index (χ0n) is 10.9. The average Bonchev–Trinajstić information content (AvgIpc) is 2.37. The van der Waals surface area contributed by atoms with E-state index in [1.54, 1.807) is 0 Å². The Labute approximate surface area is 118 Å². The van der Waals surface area contributed by atoms with E-state index in [2.05, 4.69) is 15.0 Å². The van der Waals surface area contributed by atoms with Crippen LogP contribution in [0.25, 0.3) is 0 Å². The summed E-state index contributed by atoms with van der Waals surface area (Å²) in [5.74, 6) is 0.470. The van der Waals surface area contributed by atoms with E-state index >= 15 is 0 Å². The SMILES string of the molecule is CCNc1ncc(S(=O)(=O)NCCOCC)cc1Cl. The molecule has 0 radical (unpaired) electrons. The Morgan fingerprint density at radius 1 is 1.42 bits per heavy atom. The summed E-state index contributed by atoms with van der Waals surface area (Å²) in [5.41, 5.74) is 0. The predicted molar refractivity (Wildman–Crippen MR) is 75.1 cm³/mol. The maximum atomic E-state index is 11.9. The Morgan fingerprint density at radius 3 is 2.74 bits per heavy atom. The average molecular weight is 308 g/mol. The summed E-state index contributed by atoms with van der Waals surface area (Å²) in [7, 11) is -3.60. The van der Waals surface area contributed by atoms with Crippen molar-refractivity contribution < 1.29 is 13.2 Å². The molecule has 0 spiro atoms. The number of rotatable bonds is 8. The molecule has 0 aliphatic carbocycles. The van der Waals surface area contributed by atoms with Gasteiger partial charge in [0.15, 0.2) is 0 Å². The molecule has 0 unspecified atom stereocenters. The molecule has 1 aromatic rings. The van der Waals surface area contributed by atoms with Gasteiger partial charge < -0.3 is 10.1 Å². The lowest BCUT2D eigenvalue weighted by Gasteiger charge is -2.09. The summed E-state index contributed by atoms with van der Waals surface area (Å²) in [4.78, 5) is 4.02. The molecule has 108 valence electrons. The largest absolute Gasteiger partial charge is 0.380 e. The van der Waals surface area contributed by atoms with E-state index < -0.39 is 10.0 Å². The molecule has 0 amide bonds. The van der Waals surface area contributed by atoms with Gasteiger partial charge in [0.2, 0.25) is 10.0 Å². The maximum absolute atomic E-state index is 11.9. The van der Waals surface area contributed by atoms with Crippen molar-refractivity contribution in [3.8, 4) is 0 Å². The van der Waals surface area contributed by atoms with Gasteiger partial charge in [-0.25, -0.2) is 18.1 Å². The van der Waals surface area contributed by atoms with Gasteiger partial charge in [-0.3, -0.25) is 0 Å². The second kappa shape index (κ2) is 7.64. The third-order valence-electron chi connectivity index (χ3n) is 2.21. The minimum absolute atomic E-state index is 0.0376. The molecule has 1 aromatic heterocycles. The van der Waals surface area contributed by atoms with Crippen molar-refractivity contribution in [1.82, 2.24) is 9.71 Å². The number of aromatic nitrogens is 1. The van der Waals surface area contributed by atoms with Crippen LogP contribution in [0.3, 0.4) is 0 Å². The number of hydrogen-bond donors (Lipinski definition) is 2. The molecule has 19 heavy (non-hydrogen) atoms. The van der Waals surface area contributed by atoms with Crippen molar-refractivity contribution in [2.75, 3.05) is 31.6 Å².